The van der Waals surface area contributed by atoms with Gasteiger partial charge in [0.05, 0.1) is 19.9 Å². The number of ether oxygens (including phenoxy) is 1. The Morgan fingerprint density at radius 1 is 1.29 bits per heavy atom. The van der Waals surface area contributed by atoms with Gasteiger partial charge in [0.2, 0.25) is 5.82 Å². The van der Waals surface area contributed by atoms with E-state index in [-0.39, 0.29) is 11.6 Å². The minimum Gasteiger partial charge on any atom is -0.493 e. The van der Waals surface area contributed by atoms with E-state index in [0.29, 0.717) is 18.0 Å². The standard InChI is InChI=1S/C14H19N5O2/c1-10-7-15-14(16-8-10)13(20)12-11(21-4)9-17-19(12)6-5-18(2)3/h7-9H,5-6H2,1-4H3. The molecule has 7 heteroatoms. The van der Waals surface area contributed by atoms with Crippen LogP contribution in [0.25, 0.3) is 0 Å². The van der Waals surface area contributed by atoms with Crippen molar-refractivity contribution in [1.82, 2.24) is 24.6 Å². The molecule has 0 atom stereocenters. The smallest absolute Gasteiger partial charge is 0.252 e. The van der Waals surface area contributed by atoms with Gasteiger partial charge in [-0.05, 0) is 26.6 Å². The fourth-order valence-electron chi connectivity index (χ4n) is 1.83. The molecule has 0 aliphatic rings. The zero-order valence-electron chi connectivity index (χ0n) is 12.7. The third-order valence-corrected chi connectivity index (χ3v) is 2.98. The van der Waals surface area contributed by atoms with Crippen LogP contribution in [-0.2, 0) is 6.54 Å². The highest BCUT2D eigenvalue weighted by Gasteiger charge is 2.23. The molecule has 0 saturated heterocycles. The molecule has 2 rings (SSSR count). The van der Waals surface area contributed by atoms with Gasteiger partial charge in [0.1, 0.15) is 0 Å². The molecule has 0 unspecified atom stereocenters. The van der Waals surface area contributed by atoms with E-state index < -0.39 is 0 Å². The van der Waals surface area contributed by atoms with E-state index in [9.17, 15) is 4.79 Å². The number of rotatable bonds is 6. The summed E-state index contributed by atoms with van der Waals surface area (Å²) in [5.74, 6) is 0.288. The van der Waals surface area contributed by atoms with Crippen LogP contribution in [0.15, 0.2) is 18.6 Å². The van der Waals surface area contributed by atoms with Gasteiger partial charge in [0.25, 0.3) is 5.78 Å². The Kier molecular flexibility index (Phi) is 4.64. The molecule has 0 bridgehead atoms. The Bertz CT molecular complexity index is 619. The number of aryl methyl sites for hydroxylation is 1. The van der Waals surface area contributed by atoms with E-state index in [1.165, 1.54) is 13.3 Å². The Morgan fingerprint density at radius 3 is 2.52 bits per heavy atom. The first-order chi connectivity index (χ1) is 10.0. The van der Waals surface area contributed by atoms with Crippen molar-refractivity contribution >= 4 is 5.78 Å². The Morgan fingerprint density at radius 2 is 1.95 bits per heavy atom. The average molecular weight is 289 g/mol. The first-order valence-corrected chi connectivity index (χ1v) is 6.60. The van der Waals surface area contributed by atoms with Crippen molar-refractivity contribution in [2.45, 2.75) is 13.5 Å². The summed E-state index contributed by atoms with van der Waals surface area (Å²) in [5.41, 5.74) is 1.28. The van der Waals surface area contributed by atoms with E-state index in [2.05, 4.69) is 15.1 Å². The molecule has 0 radical (unpaired) electrons. The van der Waals surface area contributed by atoms with Crippen LogP contribution in [-0.4, -0.2) is 58.2 Å². The van der Waals surface area contributed by atoms with Gasteiger partial charge in [-0.15, -0.1) is 0 Å². The molecule has 2 aromatic heterocycles. The first kappa shape index (κ1) is 15.1. The number of hydrogen-bond acceptors (Lipinski definition) is 6. The molecule has 0 saturated carbocycles. The molecule has 112 valence electrons. The molecule has 7 nitrogen and oxygen atoms in total. The third-order valence-electron chi connectivity index (χ3n) is 2.98. The molecule has 21 heavy (non-hydrogen) atoms. The first-order valence-electron chi connectivity index (χ1n) is 6.60. The minimum absolute atomic E-state index is 0.144. The third kappa shape index (κ3) is 3.43. The number of carbonyl (C=O) groups is 1. The molecular formula is C14H19N5O2. The topological polar surface area (TPSA) is 73.1 Å². The average Bonchev–Trinajstić information content (AvgIpc) is 2.88. The van der Waals surface area contributed by atoms with Gasteiger partial charge in [-0.1, -0.05) is 0 Å². The molecular weight excluding hydrogens is 270 g/mol. The SMILES string of the molecule is COc1cnn(CCN(C)C)c1C(=O)c1ncc(C)cn1. The Hall–Kier alpha value is -2.28. The maximum atomic E-state index is 12.6. The van der Waals surface area contributed by atoms with Gasteiger partial charge >= 0.3 is 0 Å². The van der Waals surface area contributed by atoms with E-state index in [4.69, 9.17) is 4.74 Å². The van der Waals surface area contributed by atoms with Gasteiger partial charge in [-0.2, -0.15) is 5.10 Å². The zero-order chi connectivity index (χ0) is 15.4. The molecule has 0 aromatic carbocycles. The second kappa shape index (κ2) is 6.45. The molecule has 0 amide bonds. The van der Waals surface area contributed by atoms with Gasteiger partial charge in [0, 0.05) is 18.9 Å². The van der Waals surface area contributed by atoms with E-state index in [0.717, 1.165) is 12.1 Å². The van der Waals surface area contributed by atoms with Crippen molar-refractivity contribution in [3.05, 3.63) is 35.7 Å². The van der Waals surface area contributed by atoms with Crippen LogP contribution in [0.1, 0.15) is 21.9 Å². The normalized spacial score (nSPS) is 10.9. The predicted molar refractivity (Wildman–Crippen MR) is 77.5 cm³/mol. The predicted octanol–water partition coefficient (Wildman–Crippen LogP) is 0.783. The highest BCUT2D eigenvalue weighted by Crippen LogP contribution is 2.20. The number of ketones is 1. The number of carbonyl (C=O) groups excluding carboxylic acids is 1. The Labute approximate surface area is 123 Å². The van der Waals surface area contributed by atoms with Crippen LogP contribution in [0.2, 0.25) is 0 Å². The number of likely N-dealkylation sites (N-methyl/N-ethyl adjacent to an activating group) is 1. The second-order valence-electron chi connectivity index (χ2n) is 5.00. The van der Waals surface area contributed by atoms with E-state index in [1.807, 2.05) is 25.9 Å². The molecule has 2 aromatic rings. The van der Waals surface area contributed by atoms with E-state index >= 15 is 0 Å². The van der Waals surface area contributed by atoms with Crippen LogP contribution in [0, 0.1) is 6.92 Å². The summed E-state index contributed by atoms with van der Waals surface area (Å²) in [6.45, 7) is 3.22. The van der Waals surface area contributed by atoms with Crippen LogP contribution in [0.3, 0.4) is 0 Å². The van der Waals surface area contributed by atoms with Gasteiger partial charge < -0.3 is 9.64 Å². The van der Waals surface area contributed by atoms with Crippen molar-refractivity contribution < 1.29 is 9.53 Å². The lowest BCUT2D eigenvalue weighted by molar-refractivity contribution is 0.101. The maximum Gasteiger partial charge on any atom is 0.252 e. The van der Waals surface area contributed by atoms with Crippen molar-refractivity contribution in [2.75, 3.05) is 27.7 Å². The van der Waals surface area contributed by atoms with Gasteiger partial charge in [0.15, 0.2) is 11.4 Å². The number of methoxy groups -OCH3 is 1. The maximum absolute atomic E-state index is 12.6. The van der Waals surface area contributed by atoms with E-state index in [1.54, 1.807) is 17.1 Å². The Balaban J connectivity index is 2.34. The van der Waals surface area contributed by atoms with Crippen LogP contribution >= 0.6 is 0 Å². The van der Waals surface area contributed by atoms with Crippen LogP contribution < -0.4 is 4.74 Å². The highest BCUT2D eigenvalue weighted by atomic mass is 16.5. The summed E-state index contributed by atoms with van der Waals surface area (Å²) in [5, 5.41) is 4.21. The second-order valence-corrected chi connectivity index (χ2v) is 5.00. The molecule has 0 spiro atoms. The summed E-state index contributed by atoms with van der Waals surface area (Å²) >= 11 is 0. The summed E-state index contributed by atoms with van der Waals surface area (Å²) in [6, 6.07) is 0. The monoisotopic (exact) mass is 289 g/mol. The van der Waals surface area contributed by atoms with Gasteiger partial charge in [-0.25, -0.2) is 9.97 Å². The fraction of sp³-hybridized carbons (Fsp3) is 0.429. The van der Waals surface area contributed by atoms with Crippen LogP contribution in [0.5, 0.6) is 5.75 Å². The lowest BCUT2D eigenvalue weighted by Gasteiger charge is -2.11. The fourth-order valence-corrected chi connectivity index (χ4v) is 1.83. The number of aromatic nitrogens is 4. The number of nitrogens with zero attached hydrogens (tertiary/aromatic N) is 5. The van der Waals surface area contributed by atoms with Crippen LogP contribution in [0.4, 0.5) is 0 Å². The summed E-state index contributed by atoms with van der Waals surface area (Å²) in [4.78, 5) is 22.8. The lowest BCUT2D eigenvalue weighted by Crippen LogP contribution is -2.22. The largest absolute Gasteiger partial charge is 0.493 e. The molecule has 0 fully saturated rings. The quantitative estimate of drug-likeness (QED) is 0.732. The van der Waals surface area contributed by atoms with Crippen molar-refractivity contribution in [1.29, 1.82) is 0 Å². The number of hydrogen-bond donors (Lipinski definition) is 0. The highest BCUT2D eigenvalue weighted by molar-refractivity contribution is 6.07. The molecule has 2 heterocycles. The lowest BCUT2D eigenvalue weighted by atomic mass is 10.2. The summed E-state index contributed by atoms with van der Waals surface area (Å²) in [6.07, 6.45) is 4.78. The summed E-state index contributed by atoms with van der Waals surface area (Å²) < 4.78 is 6.86. The summed E-state index contributed by atoms with van der Waals surface area (Å²) in [7, 11) is 5.44. The zero-order valence-corrected chi connectivity index (χ0v) is 12.7. The van der Waals surface area contributed by atoms with Crippen molar-refractivity contribution in [3.8, 4) is 5.75 Å². The minimum atomic E-state index is -0.289. The van der Waals surface area contributed by atoms with Gasteiger partial charge in [-0.3, -0.25) is 9.48 Å². The van der Waals surface area contributed by atoms with Crippen molar-refractivity contribution in [2.24, 2.45) is 0 Å². The van der Waals surface area contributed by atoms with Crippen molar-refractivity contribution in [3.63, 3.8) is 0 Å². The molecule has 0 aliphatic carbocycles. The molecule has 0 N–H and O–H groups in total. The molecule has 0 aliphatic heterocycles.